The normalized spacial score (nSPS) is 18.5. The van der Waals surface area contributed by atoms with Crippen LogP contribution in [0.1, 0.15) is 42.3 Å². The highest BCUT2D eigenvalue weighted by atomic mass is 35.5. The number of aryl methyl sites for hydroxylation is 1. The second-order valence-electron chi connectivity index (χ2n) is 6.89. The van der Waals surface area contributed by atoms with Gasteiger partial charge in [-0.3, -0.25) is 4.79 Å². The number of piperazine rings is 1. The summed E-state index contributed by atoms with van der Waals surface area (Å²) >= 11 is 0. The zero-order chi connectivity index (χ0) is 19.6. The first kappa shape index (κ1) is 22.2. The lowest BCUT2D eigenvalue weighted by Crippen LogP contribution is -2.49. The van der Waals surface area contributed by atoms with Gasteiger partial charge in [0.05, 0.1) is 5.56 Å². The molecule has 0 spiro atoms. The maximum Gasteiger partial charge on any atom is 0.416 e. The third-order valence-electron chi connectivity index (χ3n) is 5.00. The molecule has 0 radical (unpaired) electrons. The molecule has 1 aromatic carbocycles. The zero-order valence-corrected chi connectivity index (χ0v) is 16.6. The number of halogens is 4. The van der Waals surface area contributed by atoms with Crippen molar-refractivity contribution in [2.45, 2.75) is 31.5 Å². The summed E-state index contributed by atoms with van der Waals surface area (Å²) in [5.41, 5.74) is -0.520. The Kier molecular flexibility index (Phi) is 7.11. The van der Waals surface area contributed by atoms with Crippen LogP contribution in [-0.2, 0) is 18.0 Å². The monoisotopic (exact) mass is 416 g/mol. The Bertz CT molecular complexity index is 808. The first-order valence-electron chi connectivity index (χ1n) is 8.92. The fourth-order valence-electron chi connectivity index (χ4n) is 3.61. The molecule has 1 fully saturated rings. The van der Waals surface area contributed by atoms with Crippen LogP contribution in [-0.4, -0.2) is 40.0 Å². The third-order valence-corrected chi connectivity index (χ3v) is 5.00. The lowest BCUT2D eigenvalue weighted by atomic mass is 9.92. The Hall–Kier alpha value is -2.06. The molecule has 1 N–H and O–H groups in total. The van der Waals surface area contributed by atoms with E-state index in [1.165, 1.54) is 12.1 Å². The van der Waals surface area contributed by atoms with Crippen molar-refractivity contribution in [2.75, 3.05) is 19.6 Å². The first-order chi connectivity index (χ1) is 12.8. The number of carbonyl (C=O) groups excluding carboxylic acids is 1. The van der Waals surface area contributed by atoms with Crippen molar-refractivity contribution in [3.8, 4) is 0 Å². The van der Waals surface area contributed by atoms with Crippen LogP contribution in [0, 0.1) is 0 Å². The van der Waals surface area contributed by atoms with Gasteiger partial charge < -0.3 is 14.8 Å². The lowest BCUT2D eigenvalue weighted by molar-refractivity contribution is -0.139. The molecule has 1 aromatic heterocycles. The van der Waals surface area contributed by atoms with Gasteiger partial charge in [0, 0.05) is 45.5 Å². The van der Waals surface area contributed by atoms with Gasteiger partial charge in [-0.2, -0.15) is 13.2 Å². The molecule has 0 aliphatic carbocycles. The number of nitrogens with one attached hydrogen (secondary N) is 1. The molecule has 5 nitrogen and oxygen atoms in total. The van der Waals surface area contributed by atoms with Gasteiger partial charge in [-0.1, -0.05) is 25.1 Å². The van der Waals surface area contributed by atoms with Crippen LogP contribution >= 0.6 is 12.4 Å². The van der Waals surface area contributed by atoms with E-state index in [1.807, 2.05) is 17.8 Å². The minimum Gasteiger partial charge on any atom is -0.336 e. The molecule has 9 heteroatoms. The van der Waals surface area contributed by atoms with Crippen molar-refractivity contribution in [3.05, 3.63) is 53.6 Å². The molecule has 2 atom stereocenters. The van der Waals surface area contributed by atoms with Crippen LogP contribution in [0.5, 0.6) is 0 Å². The second-order valence-corrected chi connectivity index (χ2v) is 6.89. The van der Waals surface area contributed by atoms with Crippen LogP contribution < -0.4 is 5.32 Å². The van der Waals surface area contributed by atoms with E-state index >= 15 is 0 Å². The molecule has 1 saturated heterocycles. The van der Waals surface area contributed by atoms with E-state index < -0.39 is 17.7 Å². The molecular weight excluding hydrogens is 393 g/mol. The van der Waals surface area contributed by atoms with Crippen LogP contribution in [0.2, 0.25) is 0 Å². The van der Waals surface area contributed by atoms with Crippen molar-refractivity contribution in [1.29, 1.82) is 0 Å². The maximum atomic E-state index is 13.3. The molecule has 2 aromatic rings. The summed E-state index contributed by atoms with van der Waals surface area (Å²) in [7, 11) is 1.86. The molecule has 3 rings (SSSR count). The standard InChI is InChI=1S/C19H23F3N4O.ClH/c1-13(14-5-3-4-6-15(14)19(20,21)22)11-17(27)26-10-7-23-12-16(26)18-24-8-9-25(18)2;/h3-6,8-9,13,16,23H,7,10-12H2,1-2H3;1H. The van der Waals surface area contributed by atoms with Gasteiger partial charge in [0.25, 0.3) is 0 Å². The Morgan fingerprint density at radius 3 is 2.71 bits per heavy atom. The van der Waals surface area contributed by atoms with Gasteiger partial charge in [0.2, 0.25) is 5.91 Å². The van der Waals surface area contributed by atoms with Gasteiger partial charge in [0.15, 0.2) is 0 Å². The number of benzene rings is 1. The summed E-state index contributed by atoms with van der Waals surface area (Å²) in [6.45, 7) is 3.40. The third kappa shape index (κ3) is 4.67. The highest BCUT2D eigenvalue weighted by molar-refractivity contribution is 5.85. The van der Waals surface area contributed by atoms with E-state index in [9.17, 15) is 18.0 Å². The molecule has 1 amide bonds. The summed E-state index contributed by atoms with van der Waals surface area (Å²) in [5, 5.41) is 3.25. The van der Waals surface area contributed by atoms with E-state index in [4.69, 9.17) is 0 Å². The van der Waals surface area contributed by atoms with Crippen molar-refractivity contribution < 1.29 is 18.0 Å². The number of nitrogens with zero attached hydrogens (tertiary/aromatic N) is 3. The Morgan fingerprint density at radius 1 is 1.36 bits per heavy atom. The first-order valence-corrected chi connectivity index (χ1v) is 8.92. The van der Waals surface area contributed by atoms with Crippen molar-refractivity contribution in [1.82, 2.24) is 19.8 Å². The Morgan fingerprint density at radius 2 is 2.07 bits per heavy atom. The quantitative estimate of drug-likeness (QED) is 0.829. The summed E-state index contributed by atoms with van der Waals surface area (Å²) < 4.78 is 41.7. The lowest BCUT2D eigenvalue weighted by Gasteiger charge is -2.36. The number of rotatable bonds is 4. The number of aromatic nitrogens is 2. The Labute approximate surface area is 168 Å². The van der Waals surface area contributed by atoms with E-state index in [0.717, 1.165) is 11.9 Å². The molecule has 2 unspecified atom stereocenters. The van der Waals surface area contributed by atoms with Gasteiger partial charge in [-0.15, -0.1) is 12.4 Å². The predicted molar refractivity (Wildman–Crippen MR) is 102 cm³/mol. The molecule has 28 heavy (non-hydrogen) atoms. The average Bonchev–Trinajstić information content (AvgIpc) is 3.06. The predicted octanol–water partition coefficient (Wildman–Crippen LogP) is 3.53. The Balaban J connectivity index is 0.00000280. The fourth-order valence-corrected chi connectivity index (χ4v) is 3.61. The van der Waals surface area contributed by atoms with Gasteiger partial charge >= 0.3 is 6.18 Å². The maximum absolute atomic E-state index is 13.3. The number of amides is 1. The van der Waals surface area contributed by atoms with Crippen molar-refractivity contribution >= 4 is 18.3 Å². The van der Waals surface area contributed by atoms with E-state index in [2.05, 4.69) is 10.3 Å². The molecule has 0 saturated carbocycles. The smallest absolute Gasteiger partial charge is 0.336 e. The summed E-state index contributed by atoms with van der Waals surface area (Å²) in [5.74, 6) is 0.0695. The molecule has 1 aliphatic heterocycles. The summed E-state index contributed by atoms with van der Waals surface area (Å²) in [4.78, 5) is 19.0. The summed E-state index contributed by atoms with van der Waals surface area (Å²) in [6, 6.07) is 5.24. The van der Waals surface area contributed by atoms with Gasteiger partial charge in [-0.25, -0.2) is 4.98 Å². The van der Waals surface area contributed by atoms with Crippen LogP contribution in [0.15, 0.2) is 36.7 Å². The molecule has 154 valence electrons. The number of hydrogen-bond donors (Lipinski definition) is 1. The number of imidazole rings is 1. The SMILES string of the molecule is CC(CC(=O)N1CCNCC1c1nccn1C)c1ccccc1C(F)(F)F.Cl. The zero-order valence-electron chi connectivity index (χ0n) is 15.7. The second kappa shape index (κ2) is 8.96. The van der Waals surface area contributed by atoms with E-state index in [-0.39, 0.29) is 36.3 Å². The van der Waals surface area contributed by atoms with Crippen LogP contribution in [0.3, 0.4) is 0 Å². The molecule has 1 aliphatic rings. The highest BCUT2D eigenvalue weighted by Gasteiger charge is 2.36. The highest BCUT2D eigenvalue weighted by Crippen LogP contribution is 2.36. The molecule has 0 bridgehead atoms. The largest absolute Gasteiger partial charge is 0.416 e. The van der Waals surface area contributed by atoms with Gasteiger partial charge in [0.1, 0.15) is 11.9 Å². The molecule has 2 heterocycles. The minimum atomic E-state index is -4.43. The van der Waals surface area contributed by atoms with Crippen molar-refractivity contribution in [2.24, 2.45) is 7.05 Å². The van der Waals surface area contributed by atoms with Gasteiger partial charge in [-0.05, 0) is 17.5 Å². The van der Waals surface area contributed by atoms with Crippen LogP contribution in [0.25, 0.3) is 0 Å². The number of hydrogen-bond acceptors (Lipinski definition) is 3. The van der Waals surface area contributed by atoms with Crippen LogP contribution in [0.4, 0.5) is 13.2 Å². The molecular formula is C19H24ClF3N4O. The fraction of sp³-hybridized carbons (Fsp3) is 0.474. The summed E-state index contributed by atoms with van der Waals surface area (Å²) in [6.07, 6.45) is -0.921. The van der Waals surface area contributed by atoms with Crippen molar-refractivity contribution in [3.63, 3.8) is 0 Å². The van der Waals surface area contributed by atoms with E-state index in [0.29, 0.717) is 19.6 Å². The minimum absolute atomic E-state index is 0. The van der Waals surface area contributed by atoms with E-state index in [1.54, 1.807) is 24.1 Å². The average molecular weight is 417 g/mol. The number of alkyl halides is 3. The topological polar surface area (TPSA) is 50.2 Å². The number of carbonyl (C=O) groups is 1.